The van der Waals surface area contributed by atoms with Crippen molar-refractivity contribution in [3.8, 4) is 22.8 Å². The van der Waals surface area contributed by atoms with E-state index in [0.29, 0.717) is 30.7 Å². The highest BCUT2D eigenvalue weighted by Crippen LogP contribution is 2.23. The maximum atomic E-state index is 13.1. The van der Waals surface area contributed by atoms with Crippen molar-refractivity contribution < 1.29 is 13.3 Å². The fourth-order valence-corrected chi connectivity index (χ4v) is 2.86. The van der Waals surface area contributed by atoms with Gasteiger partial charge in [0.05, 0.1) is 12.2 Å². The average Bonchev–Trinajstić information content (AvgIpc) is 3.30. The van der Waals surface area contributed by atoms with E-state index in [4.69, 9.17) is 8.94 Å². The van der Waals surface area contributed by atoms with Crippen LogP contribution in [0, 0.1) is 12.7 Å². The molecule has 0 bridgehead atoms. The molecule has 0 spiro atoms. The minimum Gasteiger partial charge on any atom is -0.441 e. The first-order chi connectivity index (χ1) is 13.6. The predicted molar refractivity (Wildman–Crippen MR) is 102 cm³/mol. The molecule has 0 saturated heterocycles. The largest absolute Gasteiger partial charge is 0.441 e. The van der Waals surface area contributed by atoms with Crippen LogP contribution in [-0.4, -0.2) is 27.1 Å². The van der Waals surface area contributed by atoms with Gasteiger partial charge in [-0.3, -0.25) is 4.90 Å². The molecule has 28 heavy (non-hydrogen) atoms. The van der Waals surface area contributed by atoms with Crippen LogP contribution < -0.4 is 0 Å². The van der Waals surface area contributed by atoms with Crippen molar-refractivity contribution in [1.29, 1.82) is 0 Å². The number of aromatic nitrogens is 3. The van der Waals surface area contributed by atoms with Crippen LogP contribution in [0.1, 0.15) is 17.3 Å². The van der Waals surface area contributed by atoms with Crippen LogP contribution in [0.25, 0.3) is 22.8 Å². The molecule has 6 nitrogen and oxygen atoms in total. The zero-order valence-corrected chi connectivity index (χ0v) is 15.6. The SMILES string of the molecule is Cc1oc(-c2ccc(F)cc2)nc1CN(C)Cc1nc(-c2ccccc2)no1. The van der Waals surface area contributed by atoms with E-state index in [-0.39, 0.29) is 5.82 Å². The third-order valence-corrected chi connectivity index (χ3v) is 4.31. The molecule has 0 atom stereocenters. The lowest BCUT2D eigenvalue weighted by Crippen LogP contribution is -2.18. The maximum Gasteiger partial charge on any atom is 0.241 e. The van der Waals surface area contributed by atoms with Crippen LogP contribution in [0.2, 0.25) is 0 Å². The summed E-state index contributed by atoms with van der Waals surface area (Å²) >= 11 is 0. The van der Waals surface area contributed by atoms with Gasteiger partial charge in [0.1, 0.15) is 11.6 Å². The molecule has 0 unspecified atom stereocenters. The van der Waals surface area contributed by atoms with Crippen molar-refractivity contribution in [2.75, 3.05) is 7.05 Å². The van der Waals surface area contributed by atoms with Crippen LogP contribution in [0.15, 0.2) is 63.5 Å². The lowest BCUT2D eigenvalue weighted by Gasteiger charge is -2.12. The second kappa shape index (κ2) is 7.74. The van der Waals surface area contributed by atoms with E-state index in [1.165, 1.54) is 12.1 Å². The Hall–Kier alpha value is -3.32. The van der Waals surface area contributed by atoms with E-state index < -0.39 is 0 Å². The van der Waals surface area contributed by atoms with E-state index in [9.17, 15) is 4.39 Å². The molecule has 2 aromatic carbocycles. The topological polar surface area (TPSA) is 68.2 Å². The normalized spacial score (nSPS) is 11.3. The number of hydrogen-bond acceptors (Lipinski definition) is 6. The molecule has 7 heteroatoms. The average molecular weight is 378 g/mol. The number of rotatable bonds is 6. The van der Waals surface area contributed by atoms with E-state index in [1.54, 1.807) is 12.1 Å². The molecule has 0 radical (unpaired) electrons. The van der Waals surface area contributed by atoms with Crippen molar-refractivity contribution in [1.82, 2.24) is 20.0 Å². The molecular formula is C21H19FN4O2. The minimum absolute atomic E-state index is 0.290. The fourth-order valence-electron chi connectivity index (χ4n) is 2.86. The van der Waals surface area contributed by atoms with Gasteiger partial charge in [-0.1, -0.05) is 35.5 Å². The second-order valence-electron chi connectivity index (χ2n) is 6.58. The van der Waals surface area contributed by atoms with Gasteiger partial charge in [-0.25, -0.2) is 9.37 Å². The van der Waals surface area contributed by atoms with E-state index in [0.717, 1.165) is 22.6 Å². The van der Waals surface area contributed by atoms with Gasteiger partial charge in [-0.15, -0.1) is 0 Å². The minimum atomic E-state index is -0.290. The highest BCUT2D eigenvalue weighted by molar-refractivity contribution is 5.54. The van der Waals surface area contributed by atoms with Crippen LogP contribution in [0.5, 0.6) is 0 Å². The smallest absolute Gasteiger partial charge is 0.241 e. The number of oxazole rings is 1. The molecule has 0 saturated carbocycles. The van der Waals surface area contributed by atoms with Gasteiger partial charge in [-0.05, 0) is 38.2 Å². The van der Waals surface area contributed by atoms with Gasteiger partial charge >= 0.3 is 0 Å². The molecule has 4 rings (SSSR count). The molecule has 0 aliphatic rings. The molecule has 4 aromatic rings. The first-order valence-corrected chi connectivity index (χ1v) is 8.87. The Bertz CT molecular complexity index is 1060. The Morgan fingerprint density at radius 2 is 1.68 bits per heavy atom. The molecule has 0 aliphatic carbocycles. The molecule has 0 amide bonds. The molecule has 2 heterocycles. The first kappa shape index (κ1) is 18.1. The summed E-state index contributed by atoms with van der Waals surface area (Å²) in [6, 6.07) is 15.8. The lowest BCUT2D eigenvalue weighted by atomic mass is 10.2. The van der Waals surface area contributed by atoms with Gasteiger partial charge < -0.3 is 8.94 Å². The van der Waals surface area contributed by atoms with Gasteiger partial charge in [0, 0.05) is 17.7 Å². The van der Waals surface area contributed by atoms with Crippen molar-refractivity contribution in [2.45, 2.75) is 20.0 Å². The van der Waals surface area contributed by atoms with Crippen LogP contribution in [0.4, 0.5) is 4.39 Å². The first-order valence-electron chi connectivity index (χ1n) is 8.87. The highest BCUT2D eigenvalue weighted by Gasteiger charge is 2.16. The van der Waals surface area contributed by atoms with Gasteiger partial charge in [-0.2, -0.15) is 4.98 Å². The van der Waals surface area contributed by atoms with E-state index >= 15 is 0 Å². The maximum absolute atomic E-state index is 13.1. The van der Waals surface area contributed by atoms with Crippen molar-refractivity contribution in [2.24, 2.45) is 0 Å². The van der Waals surface area contributed by atoms with Crippen LogP contribution in [-0.2, 0) is 13.1 Å². The molecule has 142 valence electrons. The summed E-state index contributed by atoms with van der Waals surface area (Å²) in [7, 11) is 1.94. The Balaban J connectivity index is 1.43. The summed E-state index contributed by atoms with van der Waals surface area (Å²) in [6.45, 7) is 2.90. The standard InChI is InChI=1S/C21H19FN4O2/c1-14-18(23-21(27-14)16-8-10-17(22)11-9-16)12-26(2)13-19-24-20(25-28-19)15-6-4-3-5-7-15/h3-11H,12-13H2,1-2H3. The van der Waals surface area contributed by atoms with Crippen molar-refractivity contribution in [3.05, 3.63) is 77.8 Å². The summed E-state index contributed by atoms with van der Waals surface area (Å²) < 4.78 is 24.2. The Morgan fingerprint density at radius 1 is 0.929 bits per heavy atom. The summed E-state index contributed by atoms with van der Waals surface area (Å²) in [5.74, 6) is 2.01. The number of aryl methyl sites for hydroxylation is 1. The molecule has 0 N–H and O–H groups in total. The van der Waals surface area contributed by atoms with Crippen LogP contribution in [0.3, 0.4) is 0 Å². The quantitative estimate of drug-likeness (QED) is 0.493. The van der Waals surface area contributed by atoms with Gasteiger partial charge in [0.25, 0.3) is 0 Å². The van der Waals surface area contributed by atoms with Crippen LogP contribution >= 0.6 is 0 Å². The third kappa shape index (κ3) is 3.99. The van der Waals surface area contributed by atoms with Gasteiger partial charge in [0.15, 0.2) is 0 Å². The number of nitrogens with zero attached hydrogens (tertiary/aromatic N) is 4. The molecular weight excluding hydrogens is 359 g/mol. The van der Waals surface area contributed by atoms with Crippen molar-refractivity contribution in [3.63, 3.8) is 0 Å². The van der Waals surface area contributed by atoms with E-state index in [1.807, 2.05) is 49.2 Å². The highest BCUT2D eigenvalue weighted by atomic mass is 19.1. The number of halogens is 1. The monoisotopic (exact) mass is 378 g/mol. The summed E-state index contributed by atoms with van der Waals surface area (Å²) in [6.07, 6.45) is 0. The third-order valence-electron chi connectivity index (χ3n) is 4.31. The van der Waals surface area contributed by atoms with Gasteiger partial charge in [0.2, 0.25) is 17.6 Å². The molecule has 0 fully saturated rings. The zero-order chi connectivity index (χ0) is 19.5. The number of benzene rings is 2. The Kier molecular flexibility index (Phi) is 4.99. The summed E-state index contributed by atoms with van der Waals surface area (Å²) in [5, 5.41) is 4.04. The lowest BCUT2D eigenvalue weighted by molar-refractivity contribution is 0.258. The predicted octanol–water partition coefficient (Wildman–Crippen LogP) is 4.47. The number of hydrogen-bond donors (Lipinski definition) is 0. The Morgan fingerprint density at radius 3 is 2.43 bits per heavy atom. The zero-order valence-electron chi connectivity index (χ0n) is 15.6. The second-order valence-corrected chi connectivity index (χ2v) is 6.58. The summed E-state index contributed by atoms with van der Waals surface area (Å²) in [5.41, 5.74) is 2.46. The van der Waals surface area contributed by atoms with Crippen molar-refractivity contribution >= 4 is 0 Å². The fraction of sp³-hybridized carbons (Fsp3) is 0.190. The molecule has 2 aromatic heterocycles. The Labute approximate surface area is 161 Å². The summed E-state index contributed by atoms with van der Waals surface area (Å²) in [4.78, 5) is 11.0. The molecule has 0 aliphatic heterocycles. The van der Waals surface area contributed by atoms with E-state index in [2.05, 4.69) is 15.1 Å².